The summed E-state index contributed by atoms with van der Waals surface area (Å²) in [7, 11) is 0. The first kappa shape index (κ1) is 21.5. The van der Waals surface area contributed by atoms with E-state index in [2.05, 4.69) is 30.4 Å². The first-order chi connectivity index (χ1) is 17.0. The molecule has 35 heavy (non-hydrogen) atoms. The Balaban J connectivity index is 1.08. The third kappa shape index (κ3) is 3.68. The predicted molar refractivity (Wildman–Crippen MR) is 132 cm³/mol. The van der Waals surface area contributed by atoms with Crippen molar-refractivity contribution in [2.75, 3.05) is 19.6 Å². The number of likely N-dealkylation sites (tertiary alicyclic amines) is 1. The summed E-state index contributed by atoms with van der Waals surface area (Å²) in [5.74, 6) is 1.95. The maximum atomic E-state index is 15.6. The monoisotopic (exact) mass is 473 g/mol. The average Bonchev–Trinajstić information content (AvgIpc) is 3.76. The number of aliphatic imine (C=N–C) groups is 1. The van der Waals surface area contributed by atoms with Gasteiger partial charge in [0.25, 0.3) is 5.91 Å². The minimum absolute atomic E-state index is 0.0385. The van der Waals surface area contributed by atoms with Crippen LogP contribution in [0.5, 0.6) is 0 Å². The van der Waals surface area contributed by atoms with Gasteiger partial charge in [-0.3, -0.25) is 19.5 Å². The number of hydrogen-bond acceptors (Lipinski definition) is 3. The van der Waals surface area contributed by atoms with Crippen molar-refractivity contribution >= 4 is 17.6 Å². The maximum Gasteiger partial charge on any atom is 0.256 e. The van der Waals surface area contributed by atoms with Gasteiger partial charge in [-0.15, -0.1) is 0 Å². The van der Waals surface area contributed by atoms with Gasteiger partial charge in [-0.05, 0) is 68.9 Å². The Morgan fingerprint density at radius 3 is 2.74 bits per heavy atom. The molecule has 2 amide bonds. The molecule has 2 unspecified atom stereocenters. The van der Waals surface area contributed by atoms with Gasteiger partial charge in [-0.1, -0.05) is 36.0 Å². The SMILES string of the molecule is O=C(C1CC1)N1CC(CN2C(=O)C3(CC3)N=C2C2=C(F)C=C(C3CC=C4C=CC=CC4C3)CC2)C1. The number of amidine groups is 1. The number of nitrogens with zero attached hydrogens (tertiary/aromatic N) is 3. The number of amides is 2. The lowest BCUT2D eigenvalue weighted by Crippen LogP contribution is -2.55. The lowest BCUT2D eigenvalue weighted by Gasteiger charge is -2.41. The highest BCUT2D eigenvalue weighted by Gasteiger charge is 2.58. The van der Waals surface area contributed by atoms with Crippen molar-refractivity contribution in [1.82, 2.24) is 9.80 Å². The molecule has 2 aliphatic heterocycles. The van der Waals surface area contributed by atoms with Gasteiger partial charge in [0.2, 0.25) is 5.91 Å². The van der Waals surface area contributed by atoms with Crippen molar-refractivity contribution < 1.29 is 14.0 Å². The van der Waals surface area contributed by atoms with E-state index in [0.29, 0.717) is 49.3 Å². The summed E-state index contributed by atoms with van der Waals surface area (Å²) in [6, 6.07) is 0. The molecule has 0 bridgehead atoms. The van der Waals surface area contributed by atoms with Crippen molar-refractivity contribution in [3.63, 3.8) is 0 Å². The second-order valence-corrected chi connectivity index (χ2v) is 11.5. The molecule has 0 aromatic heterocycles. The summed E-state index contributed by atoms with van der Waals surface area (Å²) in [6.07, 6.45) is 19.7. The number of allylic oxidation sites excluding steroid dienone is 9. The molecule has 2 atom stereocenters. The smallest absolute Gasteiger partial charge is 0.256 e. The lowest BCUT2D eigenvalue weighted by atomic mass is 9.74. The summed E-state index contributed by atoms with van der Waals surface area (Å²) in [4.78, 5) is 34.1. The number of carbonyl (C=O) groups excluding carboxylic acids is 2. The van der Waals surface area contributed by atoms with Gasteiger partial charge in [0.1, 0.15) is 17.2 Å². The van der Waals surface area contributed by atoms with Crippen molar-refractivity contribution in [1.29, 1.82) is 0 Å². The summed E-state index contributed by atoms with van der Waals surface area (Å²) in [5.41, 5.74) is 2.54. The van der Waals surface area contributed by atoms with Crippen LogP contribution in [0.4, 0.5) is 4.39 Å². The van der Waals surface area contributed by atoms with Gasteiger partial charge in [0, 0.05) is 43.0 Å². The van der Waals surface area contributed by atoms with Gasteiger partial charge in [-0.2, -0.15) is 0 Å². The van der Waals surface area contributed by atoms with Crippen LogP contribution in [-0.4, -0.2) is 52.6 Å². The van der Waals surface area contributed by atoms with Crippen LogP contribution in [0.3, 0.4) is 0 Å². The maximum absolute atomic E-state index is 15.6. The van der Waals surface area contributed by atoms with E-state index in [0.717, 1.165) is 44.9 Å². The van der Waals surface area contributed by atoms with E-state index in [1.165, 1.54) is 11.1 Å². The summed E-state index contributed by atoms with van der Waals surface area (Å²) in [5, 5.41) is 0. The van der Waals surface area contributed by atoms with Crippen LogP contribution in [0.25, 0.3) is 0 Å². The number of fused-ring (bicyclic) bond motifs is 1. The van der Waals surface area contributed by atoms with Gasteiger partial charge in [-0.25, -0.2) is 4.39 Å². The molecule has 0 radical (unpaired) electrons. The number of rotatable bonds is 5. The van der Waals surface area contributed by atoms with Crippen LogP contribution in [0.1, 0.15) is 51.4 Å². The minimum Gasteiger partial charge on any atom is -0.342 e. The fraction of sp³-hybridized carbons (Fsp3) is 0.552. The normalized spacial score (nSPS) is 31.3. The molecular weight excluding hydrogens is 441 g/mol. The topological polar surface area (TPSA) is 53.0 Å². The molecule has 6 heteroatoms. The molecular formula is C29H32FN3O2. The summed E-state index contributed by atoms with van der Waals surface area (Å²) < 4.78 is 15.6. The number of halogens is 1. The molecule has 5 nitrogen and oxygen atoms in total. The number of carbonyl (C=O) groups is 2. The third-order valence-corrected chi connectivity index (χ3v) is 8.98. The van der Waals surface area contributed by atoms with E-state index in [1.54, 1.807) is 11.0 Å². The first-order valence-electron chi connectivity index (χ1n) is 13.4. The van der Waals surface area contributed by atoms with Crippen LogP contribution < -0.4 is 0 Å². The van der Waals surface area contributed by atoms with Crippen LogP contribution >= 0.6 is 0 Å². The summed E-state index contributed by atoms with van der Waals surface area (Å²) >= 11 is 0. The molecule has 3 fully saturated rings. The zero-order chi connectivity index (χ0) is 23.7. The zero-order valence-electron chi connectivity index (χ0n) is 20.1. The van der Waals surface area contributed by atoms with Crippen molar-refractivity contribution in [3.05, 3.63) is 59.0 Å². The Kier molecular flexibility index (Phi) is 4.84. The molecule has 0 aromatic carbocycles. The van der Waals surface area contributed by atoms with E-state index in [9.17, 15) is 9.59 Å². The minimum atomic E-state index is -0.634. The third-order valence-electron chi connectivity index (χ3n) is 8.98. The Labute approximate surface area is 205 Å². The van der Waals surface area contributed by atoms with E-state index in [-0.39, 0.29) is 29.5 Å². The molecule has 7 rings (SSSR count). The predicted octanol–water partition coefficient (Wildman–Crippen LogP) is 4.65. The van der Waals surface area contributed by atoms with Crippen LogP contribution in [0.2, 0.25) is 0 Å². The first-order valence-corrected chi connectivity index (χ1v) is 13.4. The van der Waals surface area contributed by atoms with Gasteiger partial charge in [0.15, 0.2) is 0 Å². The van der Waals surface area contributed by atoms with E-state index >= 15 is 4.39 Å². The van der Waals surface area contributed by atoms with E-state index in [1.807, 2.05) is 4.90 Å². The standard InChI is InChI=1S/C29H32FN3O2/c30-25-14-23(22-8-5-19-3-1-2-4-21(19)13-22)9-10-24(25)26-31-29(11-12-29)28(35)33(26)17-18-15-32(16-18)27(34)20-6-7-20/h1-5,14,18,20-22H,6-13,15-17H2. The highest BCUT2D eigenvalue weighted by molar-refractivity contribution is 6.16. The van der Waals surface area contributed by atoms with E-state index in [4.69, 9.17) is 4.99 Å². The molecule has 182 valence electrons. The molecule has 7 aliphatic rings. The fourth-order valence-corrected chi connectivity index (χ4v) is 6.48. The molecule has 5 aliphatic carbocycles. The van der Waals surface area contributed by atoms with Crippen LogP contribution in [0.15, 0.2) is 64.0 Å². The lowest BCUT2D eigenvalue weighted by molar-refractivity contribution is -0.139. The van der Waals surface area contributed by atoms with Gasteiger partial charge < -0.3 is 4.90 Å². The highest BCUT2D eigenvalue weighted by Crippen LogP contribution is 2.48. The molecule has 2 heterocycles. The van der Waals surface area contributed by atoms with Crippen molar-refractivity contribution in [3.8, 4) is 0 Å². The summed E-state index contributed by atoms with van der Waals surface area (Å²) in [6.45, 7) is 1.94. The molecule has 2 saturated carbocycles. The van der Waals surface area contributed by atoms with Gasteiger partial charge >= 0.3 is 0 Å². The van der Waals surface area contributed by atoms with Gasteiger partial charge in [0.05, 0.1) is 0 Å². The van der Waals surface area contributed by atoms with Crippen molar-refractivity contribution in [2.24, 2.45) is 28.7 Å². The Hall–Kier alpha value is -2.76. The quantitative estimate of drug-likeness (QED) is 0.584. The van der Waals surface area contributed by atoms with Crippen molar-refractivity contribution in [2.45, 2.75) is 56.9 Å². The second-order valence-electron chi connectivity index (χ2n) is 11.5. The zero-order valence-corrected chi connectivity index (χ0v) is 20.1. The Morgan fingerprint density at radius 1 is 1.17 bits per heavy atom. The van der Waals surface area contributed by atoms with Crippen LogP contribution in [0, 0.1) is 23.7 Å². The highest BCUT2D eigenvalue weighted by atomic mass is 19.1. The molecule has 1 saturated heterocycles. The average molecular weight is 474 g/mol. The Morgan fingerprint density at radius 2 is 2.00 bits per heavy atom. The Bertz CT molecular complexity index is 1170. The molecule has 0 aromatic rings. The fourth-order valence-electron chi connectivity index (χ4n) is 6.48. The van der Waals surface area contributed by atoms with E-state index < -0.39 is 5.54 Å². The molecule has 0 N–H and O–H groups in total. The molecule has 1 spiro atoms. The van der Waals surface area contributed by atoms with Crippen LogP contribution in [-0.2, 0) is 9.59 Å². The number of hydrogen-bond donors (Lipinski definition) is 0. The second kappa shape index (κ2) is 7.87. The largest absolute Gasteiger partial charge is 0.342 e.